The fourth-order valence-corrected chi connectivity index (χ4v) is 0. The van der Waals surface area contributed by atoms with Crippen LogP contribution >= 0.6 is 0 Å². The molecule has 0 radical (unpaired) electrons. The van der Waals surface area contributed by atoms with E-state index in [0.717, 1.165) is 0 Å². The molecule has 0 aliphatic rings. The van der Waals surface area contributed by atoms with Gasteiger partial charge in [0.25, 0.3) is 5.09 Å². The molecule has 0 heterocycles. The van der Waals surface area contributed by atoms with E-state index < -0.39 is 5.09 Å². The van der Waals surface area contributed by atoms with Crippen LogP contribution in [0.4, 0.5) is 0 Å². The lowest BCUT2D eigenvalue weighted by atomic mass is 13.1. The molecule has 0 fully saturated rings. The maximum atomic E-state index is 8.36. The molecule has 7 N–H and O–H groups in total. The predicted octanol–water partition coefficient (Wildman–Crippen LogP) is -1.46. The number of quaternary nitrogens is 1. The standard InChI is InChI=1S/HNO3.H3NO.H3N/c2-1(3)4;1-2;/h(H,2,3,4);1H3;1H3. The van der Waals surface area contributed by atoms with Gasteiger partial charge in [0, 0.05) is 0 Å². The number of rotatable bonds is 0. The Bertz CT molecular complexity index is 29.9. The normalized spacial score (nSPS) is 4.29. The van der Waals surface area contributed by atoms with Crippen molar-refractivity contribution in [1.82, 2.24) is 6.15 Å². The largest absolute Gasteiger partial charge is 0.637 e. The van der Waals surface area contributed by atoms with Crippen molar-refractivity contribution >= 4 is 0 Å². The molecule has 0 aromatic carbocycles. The van der Waals surface area contributed by atoms with Crippen molar-refractivity contribution in [2.24, 2.45) is 0 Å². The van der Waals surface area contributed by atoms with Crippen LogP contribution in [0.1, 0.15) is 0 Å². The van der Waals surface area contributed by atoms with Gasteiger partial charge in [-0.25, -0.2) is 0 Å². The van der Waals surface area contributed by atoms with Crippen LogP contribution in [0, 0.1) is 15.3 Å². The third-order valence-electron chi connectivity index (χ3n) is 0. The molecule has 0 rings (SSSR count). The molecule has 0 saturated heterocycles. The van der Waals surface area contributed by atoms with Crippen LogP contribution in [-0.4, -0.2) is 10.3 Å². The fraction of sp³-hybridized carbons (Fsp3) is 0. The van der Waals surface area contributed by atoms with E-state index in [-0.39, 0.29) is 6.15 Å². The van der Waals surface area contributed by atoms with E-state index in [4.69, 9.17) is 20.5 Å². The molecular formula is H7N3O4. The summed E-state index contributed by atoms with van der Waals surface area (Å²) in [7, 11) is 0. The lowest BCUT2D eigenvalue weighted by Gasteiger charge is -1.56. The molecule has 0 unspecified atom stereocenters. The van der Waals surface area contributed by atoms with Gasteiger partial charge >= 0.3 is 0 Å². The van der Waals surface area contributed by atoms with Gasteiger partial charge in [-0.15, -0.1) is 10.1 Å². The van der Waals surface area contributed by atoms with E-state index >= 15 is 0 Å². The molecule has 0 saturated carbocycles. The molecule has 0 aliphatic carbocycles. The van der Waals surface area contributed by atoms with Crippen LogP contribution in [-0.2, 0) is 0 Å². The summed E-state index contributed by atoms with van der Waals surface area (Å²) in [6.45, 7) is 0. The Balaban J connectivity index is -0.0000000480. The van der Waals surface area contributed by atoms with Crippen LogP contribution in [0.15, 0.2) is 0 Å². The third kappa shape index (κ3) is 56.9. The maximum absolute atomic E-state index is 8.36. The average molecular weight is 113 g/mol. The summed E-state index contributed by atoms with van der Waals surface area (Å²) in [6, 6.07) is 0. The van der Waals surface area contributed by atoms with E-state index in [2.05, 4.69) is 0 Å². The van der Waals surface area contributed by atoms with E-state index in [9.17, 15) is 0 Å². The SMILES string of the molecule is N.O=[N+]([O-])O.[NH3+][O-]. The Morgan fingerprint density at radius 1 is 1.57 bits per heavy atom. The summed E-state index contributed by atoms with van der Waals surface area (Å²) in [5.41, 5.74) is 0. The van der Waals surface area contributed by atoms with Crippen molar-refractivity contribution in [3.63, 3.8) is 0 Å². The molecule has 46 valence electrons. The van der Waals surface area contributed by atoms with Crippen LogP contribution in [0.25, 0.3) is 0 Å². The van der Waals surface area contributed by atoms with Crippen LogP contribution < -0.4 is 12.0 Å². The number of hydrogen-bond acceptors (Lipinski definition) is 4. The van der Waals surface area contributed by atoms with Crippen molar-refractivity contribution in [2.45, 2.75) is 0 Å². The van der Waals surface area contributed by atoms with Crippen molar-refractivity contribution in [2.75, 3.05) is 0 Å². The van der Waals surface area contributed by atoms with Gasteiger partial charge in [-0.3, -0.25) is 0 Å². The molecule has 0 aromatic rings. The Kier molecular flexibility index (Phi) is 46.2. The second-order valence-electron chi connectivity index (χ2n) is 0.238. The first-order valence-electron chi connectivity index (χ1n) is 0.854. The minimum Gasteiger partial charge on any atom is -0.637 e. The minimum absolute atomic E-state index is 0. The minimum atomic E-state index is -1.50. The van der Waals surface area contributed by atoms with Crippen LogP contribution in [0.2, 0.25) is 0 Å². The zero-order valence-corrected chi connectivity index (χ0v) is 3.53. The van der Waals surface area contributed by atoms with Gasteiger partial charge in [0.15, 0.2) is 0 Å². The van der Waals surface area contributed by atoms with Gasteiger partial charge in [0.2, 0.25) is 0 Å². The first-order valence-corrected chi connectivity index (χ1v) is 0.854. The molecule has 0 bridgehead atoms. The van der Waals surface area contributed by atoms with Gasteiger partial charge in [-0.1, -0.05) is 0 Å². The zero-order chi connectivity index (χ0) is 5.58. The maximum Gasteiger partial charge on any atom is 0.291 e. The number of hydrogen-bond donors (Lipinski definition) is 3. The molecule has 0 spiro atoms. The quantitative estimate of drug-likeness (QED) is 0.259. The fourth-order valence-electron chi connectivity index (χ4n) is 0. The van der Waals surface area contributed by atoms with Gasteiger partial charge in [0.05, 0.1) is 0 Å². The molecule has 0 atom stereocenters. The van der Waals surface area contributed by atoms with Gasteiger partial charge < -0.3 is 22.5 Å². The topological polar surface area (TPSA) is 149 Å². The summed E-state index contributed by atoms with van der Waals surface area (Å²) in [6.07, 6.45) is 0. The van der Waals surface area contributed by atoms with E-state index in [1.165, 1.54) is 0 Å². The molecule has 7 nitrogen and oxygen atoms in total. The summed E-state index contributed by atoms with van der Waals surface area (Å²) >= 11 is 0. The second kappa shape index (κ2) is 19.5. The highest BCUT2D eigenvalue weighted by Crippen LogP contribution is 1.38. The monoisotopic (exact) mass is 113 g/mol. The molecule has 7 heteroatoms. The van der Waals surface area contributed by atoms with Gasteiger partial charge in [-0.2, -0.15) is 0 Å². The van der Waals surface area contributed by atoms with Crippen molar-refractivity contribution < 1.29 is 16.2 Å². The molecule has 0 aliphatic heterocycles. The van der Waals surface area contributed by atoms with Crippen molar-refractivity contribution in [3.05, 3.63) is 15.3 Å². The van der Waals surface area contributed by atoms with Crippen molar-refractivity contribution in [1.29, 1.82) is 0 Å². The third-order valence-corrected chi connectivity index (χ3v) is 0. The predicted molar refractivity (Wildman–Crippen MR) is 20.1 cm³/mol. The zero-order valence-electron chi connectivity index (χ0n) is 3.53. The summed E-state index contributed by atoms with van der Waals surface area (Å²) < 4.78 is 0. The van der Waals surface area contributed by atoms with Crippen LogP contribution in [0.5, 0.6) is 0 Å². The first kappa shape index (κ1) is 16.5. The lowest BCUT2D eigenvalue weighted by molar-refractivity contribution is -0.742. The summed E-state index contributed by atoms with van der Waals surface area (Å²) in [5.74, 6) is 2.00. The summed E-state index contributed by atoms with van der Waals surface area (Å²) in [4.78, 5) is 8.36. The van der Waals surface area contributed by atoms with Crippen molar-refractivity contribution in [3.8, 4) is 0 Å². The Morgan fingerprint density at radius 3 is 1.57 bits per heavy atom. The van der Waals surface area contributed by atoms with Crippen LogP contribution in [0.3, 0.4) is 0 Å². The highest BCUT2D eigenvalue weighted by atomic mass is 16.9. The Labute approximate surface area is 39.0 Å². The first-order chi connectivity index (χ1) is 2.73. The Hall–Kier alpha value is -0.920. The molecule has 7 heavy (non-hydrogen) atoms. The Morgan fingerprint density at radius 2 is 1.57 bits per heavy atom. The van der Waals surface area contributed by atoms with E-state index in [0.29, 0.717) is 0 Å². The molecule has 0 aromatic heterocycles. The highest BCUT2D eigenvalue weighted by Gasteiger charge is 1.65. The van der Waals surface area contributed by atoms with Gasteiger partial charge in [-0.05, 0) is 0 Å². The summed E-state index contributed by atoms with van der Waals surface area (Å²) in [5, 5.41) is 21.6. The second-order valence-corrected chi connectivity index (χ2v) is 0.238. The smallest absolute Gasteiger partial charge is 0.291 e. The lowest BCUT2D eigenvalue weighted by Crippen LogP contribution is -2.37. The van der Waals surface area contributed by atoms with Gasteiger partial charge in [0.1, 0.15) is 0 Å². The molecule has 0 amide bonds. The molecular weight excluding hydrogens is 106 g/mol. The number of nitrogens with zero attached hydrogens (tertiary/aromatic N) is 1. The highest BCUT2D eigenvalue weighted by molar-refractivity contribution is 3.83. The van der Waals surface area contributed by atoms with E-state index in [1.807, 2.05) is 5.90 Å². The van der Waals surface area contributed by atoms with E-state index in [1.54, 1.807) is 0 Å². The average Bonchev–Trinajstić information content (AvgIpc) is 1.41.